The number of carboxylic acids is 1. The minimum atomic E-state index is -3.46. The van der Waals surface area contributed by atoms with Gasteiger partial charge >= 0.3 is 5.97 Å². The highest BCUT2D eigenvalue weighted by molar-refractivity contribution is 7.88. The van der Waals surface area contributed by atoms with E-state index in [0.29, 0.717) is 5.56 Å². The Hall–Kier alpha value is -1.47. The second-order valence-electron chi connectivity index (χ2n) is 5.09. The predicted octanol–water partition coefficient (Wildman–Crippen LogP) is 1.31. The number of aliphatic carboxylic acids is 1. The van der Waals surface area contributed by atoms with Crippen molar-refractivity contribution in [3.63, 3.8) is 0 Å². The number of benzene rings is 1. The summed E-state index contributed by atoms with van der Waals surface area (Å²) in [4.78, 5) is 10.8. The van der Waals surface area contributed by atoms with E-state index in [1.807, 2.05) is 0 Å². The van der Waals surface area contributed by atoms with Crippen molar-refractivity contribution in [2.75, 3.05) is 13.1 Å². The Kier molecular flexibility index (Phi) is 4.10. The standard InChI is InChI=1S/C13H16FNO4S/c1-9(13(16)17)11-6-15(7-11)20(18,19)8-10-2-4-12(14)5-3-10/h2-5,9,11H,6-8H2,1H3,(H,16,17). The Balaban J connectivity index is 1.96. The van der Waals surface area contributed by atoms with Crippen LogP contribution in [-0.4, -0.2) is 36.9 Å². The Morgan fingerprint density at radius 1 is 1.40 bits per heavy atom. The summed E-state index contributed by atoms with van der Waals surface area (Å²) in [6.07, 6.45) is 0. The molecule has 0 amide bonds. The molecule has 0 saturated carbocycles. The molecule has 7 heteroatoms. The van der Waals surface area contributed by atoms with Gasteiger partial charge < -0.3 is 5.11 Å². The fourth-order valence-corrected chi connectivity index (χ4v) is 3.73. The van der Waals surface area contributed by atoms with Crippen molar-refractivity contribution >= 4 is 16.0 Å². The zero-order valence-electron chi connectivity index (χ0n) is 11.0. The van der Waals surface area contributed by atoms with Crippen LogP contribution in [0, 0.1) is 17.7 Å². The van der Waals surface area contributed by atoms with E-state index in [1.165, 1.54) is 28.6 Å². The van der Waals surface area contributed by atoms with E-state index < -0.39 is 27.7 Å². The van der Waals surface area contributed by atoms with E-state index in [1.54, 1.807) is 6.92 Å². The van der Waals surface area contributed by atoms with Gasteiger partial charge in [-0.1, -0.05) is 19.1 Å². The first kappa shape index (κ1) is 14.9. The first-order valence-electron chi connectivity index (χ1n) is 6.24. The molecule has 0 aromatic heterocycles. The zero-order chi connectivity index (χ0) is 14.9. The third-order valence-corrected chi connectivity index (χ3v) is 5.41. The van der Waals surface area contributed by atoms with Gasteiger partial charge in [-0.05, 0) is 23.6 Å². The fourth-order valence-electron chi connectivity index (χ4n) is 2.10. The lowest BCUT2D eigenvalue weighted by molar-refractivity contribution is -0.144. The minimum absolute atomic E-state index is 0.143. The van der Waals surface area contributed by atoms with Crippen LogP contribution in [0.2, 0.25) is 0 Å². The van der Waals surface area contributed by atoms with Crippen LogP contribution in [0.5, 0.6) is 0 Å². The molecule has 1 aliphatic rings. The topological polar surface area (TPSA) is 74.7 Å². The van der Waals surface area contributed by atoms with Crippen molar-refractivity contribution in [1.29, 1.82) is 0 Å². The molecular weight excluding hydrogens is 285 g/mol. The average molecular weight is 301 g/mol. The molecule has 1 aromatic rings. The summed E-state index contributed by atoms with van der Waals surface area (Å²) in [6.45, 7) is 2.05. The van der Waals surface area contributed by atoms with Crippen LogP contribution in [0.25, 0.3) is 0 Å². The molecule has 0 spiro atoms. The van der Waals surface area contributed by atoms with Crippen LogP contribution in [-0.2, 0) is 20.6 Å². The second kappa shape index (κ2) is 5.49. The lowest BCUT2D eigenvalue weighted by Gasteiger charge is -2.40. The van der Waals surface area contributed by atoms with Crippen molar-refractivity contribution in [2.45, 2.75) is 12.7 Å². The SMILES string of the molecule is CC(C(=O)O)C1CN(S(=O)(=O)Cc2ccc(F)cc2)C1. The molecule has 1 N–H and O–H groups in total. The van der Waals surface area contributed by atoms with Crippen LogP contribution in [0.1, 0.15) is 12.5 Å². The van der Waals surface area contributed by atoms with Crippen LogP contribution in [0.4, 0.5) is 4.39 Å². The van der Waals surface area contributed by atoms with Gasteiger partial charge in [-0.3, -0.25) is 4.79 Å². The Morgan fingerprint density at radius 3 is 2.45 bits per heavy atom. The molecule has 110 valence electrons. The number of sulfonamides is 1. The molecule has 1 heterocycles. The van der Waals surface area contributed by atoms with Crippen LogP contribution >= 0.6 is 0 Å². The molecule has 1 aromatic carbocycles. The van der Waals surface area contributed by atoms with Gasteiger partial charge in [0.1, 0.15) is 5.82 Å². The Labute approximate surface area is 117 Å². The van der Waals surface area contributed by atoms with Gasteiger partial charge in [0.15, 0.2) is 0 Å². The summed E-state index contributed by atoms with van der Waals surface area (Å²) in [6, 6.07) is 5.31. The second-order valence-corrected chi connectivity index (χ2v) is 7.06. The quantitative estimate of drug-likeness (QED) is 0.890. The van der Waals surface area contributed by atoms with E-state index in [-0.39, 0.29) is 24.8 Å². The maximum Gasteiger partial charge on any atom is 0.306 e. The molecule has 0 bridgehead atoms. The summed E-state index contributed by atoms with van der Waals surface area (Å²) < 4.78 is 38.2. The maximum absolute atomic E-state index is 12.8. The fraction of sp³-hybridized carbons (Fsp3) is 0.462. The van der Waals surface area contributed by atoms with Crippen LogP contribution in [0.15, 0.2) is 24.3 Å². The maximum atomic E-state index is 12.8. The third kappa shape index (κ3) is 3.16. The number of hydrogen-bond donors (Lipinski definition) is 1. The van der Waals surface area contributed by atoms with Crippen LogP contribution in [0.3, 0.4) is 0 Å². The predicted molar refractivity (Wildman–Crippen MR) is 70.9 cm³/mol. The van der Waals surface area contributed by atoms with Crippen molar-refractivity contribution in [3.05, 3.63) is 35.6 Å². The van der Waals surface area contributed by atoms with Gasteiger partial charge in [0, 0.05) is 13.1 Å². The summed E-state index contributed by atoms with van der Waals surface area (Å²) in [7, 11) is -3.46. The largest absolute Gasteiger partial charge is 0.481 e. The monoisotopic (exact) mass is 301 g/mol. The molecule has 0 radical (unpaired) electrons. The van der Waals surface area contributed by atoms with E-state index >= 15 is 0 Å². The number of hydrogen-bond acceptors (Lipinski definition) is 3. The van der Waals surface area contributed by atoms with E-state index in [9.17, 15) is 17.6 Å². The molecule has 20 heavy (non-hydrogen) atoms. The average Bonchev–Trinajstić information content (AvgIpc) is 2.29. The minimum Gasteiger partial charge on any atom is -0.481 e. The Morgan fingerprint density at radius 2 is 1.95 bits per heavy atom. The van der Waals surface area contributed by atoms with Gasteiger partial charge in [0.05, 0.1) is 11.7 Å². The van der Waals surface area contributed by atoms with Crippen LogP contribution < -0.4 is 0 Å². The highest BCUT2D eigenvalue weighted by atomic mass is 32.2. The molecule has 5 nitrogen and oxygen atoms in total. The lowest BCUT2D eigenvalue weighted by atomic mass is 9.89. The normalized spacial score (nSPS) is 18.5. The summed E-state index contributed by atoms with van der Waals surface area (Å²) in [5.41, 5.74) is 0.515. The van der Waals surface area contributed by atoms with Gasteiger partial charge in [0.25, 0.3) is 0 Å². The van der Waals surface area contributed by atoms with Gasteiger partial charge in [0.2, 0.25) is 10.0 Å². The molecule has 2 rings (SSSR count). The van der Waals surface area contributed by atoms with Crippen molar-refractivity contribution in [3.8, 4) is 0 Å². The molecule has 1 aliphatic heterocycles. The summed E-state index contributed by atoms with van der Waals surface area (Å²) in [5, 5.41) is 8.86. The first-order chi connectivity index (χ1) is 9.29. The Bertz CT molecular complexity index is 593. The summed E-state index contributed by atoms with van der Waals surface area (Å²) in [5.74, 6) is -2.21. The van der Waals surface area contributed by atoms with Crippen molar-refractivity contribution < 1.29 is 22.7 Å². The highest BCUT2D eigenvalue weighted by Crippen LogP contribution is 2.28. The molecule has 1 unspecified atom stereocenters. The van der Waals surface area contributed by atoms with Crippen molar-refractivity contribution in [1.82, 2.24) is 4.31 Å². The van der Waals surface area contributed by atoms with E-state index in [2.05, 4.69) is 0 Å². The molecule has 1 saturated heterocycles. The van der Waals surface area contributed by atoms with Gasteiger partial charge in [-0.2, -0.15) is 0 Å². The molecule has 1 atom stereocenters. The summed E-state index contributed by atoms with van der Waals surface area (Å²) >= 11 is 0. The van der Waals surface area contributed by atoms with Crippen molar-refractivity contribution in [2.24, 2.45) is 11.8 Å². The van der Waals surface area contributed by atoms with E-state index in [4.69, 9.17) is 5.11 Å². The molecular formula is C13H16FNO4S. The zero-order valence-corrected chi connectivity index (χ0v) is 11.8. The number of carbonyl (C=O) groups is 1. The third-order valence-electron chi connectivity index (χ3n) is 3.63. The number of nitrogens with zero attached hydrogens (tertiary/aromatic N) is 1. The molecule has 1 fully saturated rings. The number of carboxylic acid groups (broad SMARTS) is 1. The van der Waals surface area contributed by atoms with Gasteiger partial charge in [-0.25, -0.2) is 17.1 Å². The number of halogens is 1. The first-order valence-corrected chi connectivity index (χ1v) is 7.85. The smallest absolute Gasteiger partial charge is 0.306 e. The lowest BCUT2D eigenvalue weighted by Crippen LogP contribution is -2.53. The molecule has 0 aliphatic carbocycles. The van der Waals surface area contributed by atoms with E-state index in [0.717, 1.165) is 0 Å². The highest BCUT2D eigenvalue weighted by Gasteiger charge is 2.40. The van der Waals surface area contributed by atoms with Gasteiger partial charge in [-0.15, -0.1) is 0 Å². The number of rotatable bonds is 5.